The number of non-ortho nitro benzene ring substituents is 1. The molecule has 1 unspecified atom stereocenters. The molecule has 0 aliphatic heterocycles. The van der Waals surface area contributed by atoms with Crippen molar-refractivity contribution in [3.8, 4) is 34.1 Å². The minimum Gasteiger partial charge on any atom is -0.493 e. The van der Waals surface area contributed by atoms with Gasteiger partial charge in [-0.15, -0.1) is 0 Å². The van der Waals surface area contributed by atoms with E-state index in [2.05, 4.69) is 10.3 Å². The molecule has 0 saturated heterocycles. The zero-order chi connectivity index (χ0) is 27.8. The van der Waals surface area contributed by atoms with E-state index in [0.717, 1.165) is 22.3 Å². The summed E-state index contributed by atoms with van der Waals surface area (Å²) < 4.78 is 27.4. The lowest BCUT2D eigenvalue weighted by atomic mass is 9.95. The maximum Gasteiger partial charge on any atom is 0.300 e. The van der Waals surface area contributed by atoms with Crippen molar-refractivity contribution in [3.63, 3.8) is 0 Å². The van der Waals surface area contributed by atoms with E-state index < -0.39 is 4.92 Å². The molecule has 12 nitrogen and oxygen atoms in total. The van der Waals surface area contributed by atoms with Gasteiger partial charge in [0.25, 0.3) is 0 Å². The van der Waals surface area contributed by atoms with Crippen LogP contribution in [-0.2, 0) is 6.42 Å². The van der Waals surface area contributed by atoms with Gasteiger partial charge in [-0.3, -0.25) is 14.9 Å². The fraction of sp³-hybridized carbons (Fsp3) is 0.296. The summed E-state index contributed by atoms with van der Waals surface area (Å²) in [7, 11) is 7.96. The normalized spacial score (nSPS) is 14.1. The van der Waals surface area contributed by atoms with Gasteiger partial charge in [-0.05, 0) is 70.2 Å². The van der Waals surface area contributed by atoms with E-state index in [1.165, 1.54) is 26.4 Å². The number of rotatable bonds is 7. The molecule has 1 heterocycles. The molecule has 0 saturated carbocycles. The standard InChI is InChI=1S/C27H26N4O8/c1-30(18-9-10-19(31(33)34)25-24(18)28-39-29-25)17-8-6-14-12-22(36-3)26(37-4)27(38-5)23(14)15-7-11-20(32)21(35-2)13-16(15)17/h7,9-13,17H,6,8H2,1-5H3. The predicted molar refractivity (Wildman–Crippen MR) is 142 cm³/mol. The number of fused-ring (bicyclic) bond motifs is 4. The summed E-state index contributed by atoms with van der Waals surface area (Å²) in [6.45, 7) is 0. The molecule has 1 aliphatic carbocycles. The Morgan fingerprint density at radius 3 is 2.33 bits per heavy atom. The van der Waals surface area contributed by atoms with Crippen LogP contribution in [0.15, 0.2) is 45.8 Å². The Bertz CT molecular complexity index is 1650. The molecule has 12 heteroatoms. The van der Waals surface area contributed by atoms with Gasteiger partial charge in [0.2, 0.25) is 16.7 Å². The summed E-state index contributed by atoms with van der Waals surface area (Å²) in [4.78, 5) is 25.8. The molecule has 0 bridgehead atoms. The van der Waals surface area contributed by atoms with Gasteiger partial charge in [0.1, 0.15) is 0 Å². The number of aryl methyl sites for hydroxylation is 1. The molecule has 5 rings (SSSR count). The number of nitrogens with zero attached hydrogens (tertiary/aromatic N) is 4. The highest BCUT2D eigenvalue weighted by Gasteiger charge is 2.32. The first-order valence-electron chi connectivity index (χ1n) is 12.0. The van der Waals surface area contributed by atoms with Crippen molar-refractivity contribution in [3.05, 3.63) is 67.9 Å². The molecule has 4 aromatic rings. The summed E-state index contributed by atoms with van der Waals surface area (Å²) in [6, 6.07) is 9.54. The largest absolute Gasteiger partial charge is 0.493 e. The van der Waals surface area contributed by atoms with Crippen molar-refractivity contribution in [1.29, 1.82) is 0 Å². The molecule has 0 amide bonds. The third-order valence-corrected chi connectivity index (χ3v) is 7.11. The molecule has 0 spiro atoms. The Balaban J connectivity index is 1.79. The first kappa shape index (κ1) is 25.8. The smallest absolute Gasteiger partial charge is 0.300 e. The van der Waals surface area contributed by atoms with Gasteiger partial charge in [0.05, 0.1) is 45.1 Å². The number of hydrogen-bond donors (Lipinski definition) is 0. The molecular formula is C27H26N4O8. The lowest BCUT2D eigenvalue weighted by Crippen LogP contribution is -2.25. The number of nitro groups is 1. The van der Waals surface area contributed by atoms with Gasteiger partial charge < -0.3 is 23.8 Å². The highest BCUT2D eigenvalue weighted by molar-refractivity contribution is 5.94. The van der Waals surface area contributed by atoms with Crippen LogP contribution in [0.2, 0.25) is 0 Å². The quantitative estimate of drug-likeness (QED) is 0.247. The molecule has 1 atom stereocenters. The lowest BCUT2D eigenvalue weighted by Gasteiger charge is -2.30. The fourth-order valence-electron chi connectivity index (χ4n) is 5.28. The Morgan fingerprint density at radius 2 is 1.67 bits per heavy atom. The van der Waals surface area contributed by atoms with Crippen molar-refractivity contribution in [1.82, 2.24) is 10.3 Å². The number of hydrogen-bond acceptors (Lipinski definition) is 11. The number of nitro benzene ring substituents is 1. The van der Waals surface area contributed by atoms with E-state index in [-0.39, 0.29) is 33.9 Å². The zero-order valence-electron chi connectivity index (χ0n) is 22.0. The van der Waals surface area contributed by atoms with E-state index in [1.807, 2.05) is 18.0 Å². The monoisotopic (exact) mass is 534 g/mol. The Hall–Kier alpha value is -4.87. The van der Waals surface area contributed by atoms with Gasteiger partial charge in [-0.25, -0.2) is 4.63 Å². The van der Waals surface area contributed by atoms with E-state index in [0.29, 0.717) is 35.8 Å². The first-order valence-corrected chi connectivity index (χ1v) is 12.0. The van der Waals surface area contributed by atoms with E-state index in [1.54, 1.807) is 32.4 Å². The molecule has 3 aromatic carbocycles. The predicted octanol–water partition coefficient (Wildman–Crippen LogP) is 4.32. The minimum atomic E-state index is -0.526. The van der Waals surface area contributed by atoms with Gasteiger partial charge in [0, 0.05) is 18.7 Å². The van der Waals surface area contributed by atoms with Crippen LogP contribution >= 0.6 is 0 Å². The van der Waals surface area contributed by atoms with Gasteiger partial charge in [-0.1, -0.05) is 0 Å². The SMILES string of the molecule is COc1cc2c(c(OC)c1OC)-c1ccc(=O)c(OC)cc1C(N(C)c1ccc([N+](=O)[O-])c3nonc13)CC2. The van der Waals surface area contributed by atoms with Gasteiger partial charge in [0.15, 0.2) is 22.8 Å². The van der Waals surface area contributed by atoms with Crippen LogP contribution in [0.5, 0.6) is 23.0 Å². The first-order chi connectivity index (χ1) is 18.8. The number of methoxy groups -OCH3 is 4. The van der Waals surface area contributed by atoms with Crippen LogP contribution < -0.4 is 29.3 Å². The van der Waals surface area contributed by atoms with Gasteiger partial charge >= 0.3 is 5.69 Å². The van der Waals surface area contributed by atoms with Crippen molar-refractivity contribution in [2.75, 3.05) is 40.4 Å². The topological polar surface area (TPSA) is 139 Å². The Kier molecular flexibility index (Phi) is 6.69. The second-order valence-corrected chi connectivity index (χ2v) is 8.95. The maximum atomic E-state index is 12.9. The molecule has 1 aromatic heterocycles. The number of ether oxygens (including phenoxy) is 4. The lowest BCUT2D eigenvalue weighted by molar-refractivity contribution is -0.383. The highest BCUT2D eigenvalue weighted by atomic mass is 16.6. The molecule has 39 heavy (non-hydrogen) atoms. The van der Waals surface area contributed by atoms with Crippen LogP contribution in [0.1, 0.15) is 23.6 Å². The zero-order valence-corrected chi connectivity index (χ0v) is 22.0. The van der Waals surface area contributed by atoms with Crippen LogP contribution in [0.3, 0.4) is 0 Å². The van der Waals surface area contributed by atoms with Crippen LogP contribution in [0, 0.1) is 10.1 Å². The average molecular weight is 535 g/mol. The Morgan fingerprint density at radius 1 is 0.949 bits per heavy atom. The highest BCUT2D eigenvalue weighted by Crippen LogP contribution is 2.51. The maximum absolute atomic E-state index is 12.9. The number of benzene rings is 2. The van der Waals surface area contributed by atoms with Crippen molar-refractivity contribution in [2.24, 2.45) is 0 Å². The van der Waals surface area contributed by atoms with E-state index in [9.17, 15) is 14.9 Å². The number of aromatic nitrogens is 2. The summed E-state index contributed by atoms with van der Waals surface area (Å²) in [5, 5.41) is 19.3. The van der Waals surface area contributed by atoms with Crippen molar-refractivity contribution >= 4 is 22.4 Å². The second-order valence-electron chi connectivity index (χ2n) is 8.95. The van der Waals surface area contributed by atoms with Crippen LogP contribution in [-0.4, -0.2) is 50.7 Å². The van der Waals surface area contributed by atoms with Crippen molar-refractivity contribution < 1.29 is 28.5 Å². The summed E-state index contributed by atoms with van der Waals surface area (Å²) in [5.41, 5.74) is 3.64. The van der Waals surface area contributed by atoms with Crippen LogP contribution in [0.4, 0.5) is 11.4 Å². The number of anilines is 1. The molecule has 1 aliphatic rings. The third kappa shape index (κ3) is 4.13. The van der Waals surface area contributed by atoms with E-state index in [4.69, 9.17) is 23.6 Å². The van der Waals surface area contributed by atoms with E-state index >= 15 is 0 Å². The van der Waals surface area contributed by atoms with Crippen molar-refractivity contribution in [2.45, 2.75) is 18.9 Å². The third-order valence-electron chi connectivity index (χ3n) is 7.11. The Labute approximate surface area is 222 Å². The summed E-state index contributed by atoms with van der Waals surface area (Å²) >= 11 is 0. The average Bonchev–Trinajstić information content (AvgIpc) is 3.30. The summed E-state index contributed by atoms with van der Waals surface area (Å²) in [5.74, 6) is 1.61. The fourth-order valence-corrected chi connectivity index (χ4v) is 5.28. The molecule has 0 N–H and O–H groups in total. The van der Waals surface area contributed by atoms with Crippen LogP contribution in [0.25, 0.3) is 22.2 Å². The molecule has 0 fully saturated rings. The molecule has 0 radical (unpaired) electrons. The summed E-state index contributed by atoms with van der Waals surface area (Å²) in [6.07, 6.45) is 1.21. The molecule has 202 valence electrons. The van der Waals surface area contributed by atoms with Gasteiger partial charge in [-0.2, -0.15) is 0 Å². The minimum absolute atomic E-state index is 0.0515. The molecular weight excluding hydrogens is 508 g/mol. The second kappa shape index (κ2) is 10.1.